The van der Waals surface area contributed by atoms with Gasteiger partial charge in [0.1, 0.15) is 6.17 Å². The summed E-state index contributed by atoms with van der Waals surface area (Å²) in [6.07, 6.45) is 8.81. The number of nitrogens with one attached hydrogen (secondary N) is 1. The Balaban J connectivity index is 1.47. The normalized spacial score (nSPS) is 36.0. The van der Waals surface area contributed by atoms with Crippen molar-refractivity contribution in [2.75, 3.05) is 13.1 Å². The van der Waals surface area contributed by atoms with E-state index in [2.05, 4.69) is 17.5 Å². The average Bonchev–Trinajstić information content (AvgIpc) is 2.90. The van der Waals surface area contributed by atoms with Gasteiger partial charge in [-0.15, -0.1) is 0 Å². The van der Waals surface area contributed by atoms with Gasteiger partial charge in [-0.05, 0) is 50.9 Å². The van der Waals surface area contributed by atoms with Gasteiger partial charge in [0.15, 0.2) is 0 Å². The summed E-state index contributed by atoms with van der Waals surface area (Å²) in [5.74, 6) is -0.255. The average molecular weight is 331 g/mol. The van der Waals surface area contributed by atoms with E-state index in [0.29, 0.717) is 0 Å². The number of likely N-dealkylation sites (tertiary alicyclic amines) is 2. The second kappa shape index (κ2) is 5.90. The largest absolute Gasteiger partial charge is 0.325 e. The van der Waals surface area contributed by atoms with E-state index in [1.165, 1.54) is 4.90 Å². The molecule has 0 aromatic carbocycles. The van der Waals surface area contributed by atoms with E-state index in [1.807, 2.05) is 0 Å². The van der Waals surface area contributed by atoms with Gasteiger partial charge in [0.05, 0.1) is 11.8 Å². The molecule has 2 saturated heterocycles. The number of carbonyl (C=O) groups is 3. The molecule has 5 rings (SSSR count). The van der Waals surface area contributed by atoms with Gasteiger partial charge >= 0.3 is 6.03 Å². The van der Waals surface area contributed by atoms with Gasteiger partial charge in [-0.2, -0.15) is 0 Å². The SMILES string of the molecule is C[C@H](NC(=O)N1CCCCC1)N1C(=O)[C@@H]2[C@@H](C1=O)[C@H]1C=C[C@H]2CC1. The maximum absolute atomic E-state index is 12.8. The highest BCUT2D eigenvalue weighted by atomic mass is 16.2. The fourth-order valence-corrected chi connectivity index (χ4v) is 4.91. The van der Waals surface area contributed by atoms with Crippen LogP contribution in [0, 0.1) is 23.7 Å². The fraction of sp³-hybridized carbons (Fsp3) is 0.722. The molecule has 130 valence electrons. The van der Waals surface area contributed by atoms with Gasteiger partial charge in [0, 0.05) is 13.1 Å². The van der Waals surface area contributed by atoms with E-state index in [1.54, 1.807) is 11.8 Å². The number of piperidine rings is 1. The number of carbonyl (C=O) groups excluding carboxylic acids is 3. The minimum atomic E-state index is -0.579. The number of hydrogen-bond donors (Lipinski definition) is 1. The second-order valence-electron chi connectivity index (χ2n) is 7.56. The molecule has 5 atom stereocenters. The highest BCUT2D eigenvalue weighted by Crippen LogP contribution is 2.49. The zero-order valence-electron chi connectivity index (χ0n) is 14.1. The summed E-state index contributed by atoms with van der Waals surface area (Å²) in [6.45, 7) is 3.24. The van der Waals surface area contributed by atoms with E-state index < -0.39 is 6.17 Å². The summed E-state index contributed by atoms with van der Waals surface area (Å²) in [6, 6.07) is -0.168. The Morgan fingerprint density at radius 2 is 1.58 bits per heavy atom. The molecular weight excluding hydrogens is 306 g/mol. The molecule has 6 nitrogen and oxygen atoms in total. The number of nitrogens with zero attached hydrogens (tertiary/aromatic N) is 2. The summed E-state index contributed by atoms with van der Waals surface area (Å²) in [7, 11) is 0. The molecule has 0 spiro atoms. The molecule has 6 heteroatoms. The van der Waals surface area contributed by atoms with Gasteiger partial charge in [-0.3, -0.25) is 14.5 Å². The third-order valence-corrected chi connectivity index (χ3v) is 6.16. The molecule has 2 heterocycles. The Labute approximate surface area is 142 Å². The van der Waals surface area contributed by atoms with Crippen molar-refractivity contribution < 1.29 is 14.4 Å². The predicted octanol–water partition coefficient (Wildman–Crippen LogP) is 1.73. The Morgan fingerprint density at radius 3 is 2.08 bits per heavy atom. The molecule has 5 aliphatic rings. The number of allylic oxidation sites excluding steroid dienone is 2. The summed E-state index contributed by atoms with van der Waals surface area (Å²) in [5, 5.41) is 2.86. The molecule has 3 aliphatic carbocycles. The number of fused-ring (bicyclic) bond motifs is 1. The first-order valence-corrected chi connectivity index (χ1v) is 9.18. The first-order chi connectivity index (χ1) is 11.6. The molecule has 0 radical (unpaired) electrons. The van der Waals surface area contributed by atoms with Crippen LogP contribution in [0.25, 0.3) is 0 Å². The van der Waals surface area contributed by atoms with E-state index in [-0.39, 0.29) is 41.5 Å². The second-order valence-corrected chi connectivity index (χ2v) is 7.56. The molecule has 1 N–H and O–H groups in total. The summed E-state index contributed by atoms with van der Waals surface area (Å²) in [5.41, 5.74) is 0. The maximum atomic E-state index is 12.8. The smallest absolute Gasteiger partial charge is 0.319 e. The standard InChI is InChI=1S/C18H25N3O3/c1-11(19-18(24)20-9-3-2-4-10-20)21-16(22)14-12-5-6-13(8-7-12)15(14)17(21)23/h5-6,11-15H,2-4,7-10H2,1H3,(H,19,24)/t11-,12+,13+,14+,15+/m1/s1. The van der Waals surface area contributed by atoms with Crippen LogP contribution in [-0.2, 0) is 9.59 Å². The molecule has 0 unspecified atom stereocenters. The summed E-state index contributed by atoms with van der Waals surface area (Å²) < 4.78 is 0. The molecule has 4 amide bonds. The lowest BCUT2D eigenvalue weighted by molar-refractivity contribution is -0.142. The Hall–Kier alpha value is -1.85. The molecule has 3 fully saturated rings. The van der Waals surface area contributed by atoms with Crippen LogP contribution in [-0.4, -0.2) is 46.9 Å². The Morgan fingerprint density at radius 1 is 1.04 bits per heavy atom. The van der Waals surface area contributed by atoms with Crippen molar-refractivity contribution in [3.05, 3.63) is 12.2 Å². The van der Waals surface area contributed by atoms with Crippen LogP contribution in [0.15, 0.2) is 12.2 Å². The molecule has 2 bridgehead atoms. The van der Waals surface area contributed by atoms with Gasteiger partial charge in [0.2, 0.25) is 11.8 Å². The van der Waals surface area contributed by atoms with Crippen molar-refractivity contribution in [1.82, 2.24) is 15.1 Å². The Kier molecular flexibility index (Phi) is 3.85. The number of imide groups is 1. The molecule has 2 aliphatic heterocycles. The third-order valence-electron chi connectivity index (χ3n) is 6.16. The van der Waals surface area contributed by atoms with Crippen LogP contribution in [0.5, 0.6) is 0 Å². The number of urea groups is 1. The van der Waals surface area contributed by atoms with Crippen molar-refractivity contribution in [3.8, 4) is 0 Å². The van der Waals surface area contributed by atoms with Crippen LogP contribution < -0.4 is 5.32 Å². The van der Waals surface area contributed by atoms with Crippen LogP contribution in [0.4, 0.5) is 4.79 Å². The van der Waals surface area contributed by atoms with Crippen LogP contribution in [0.3, 0.4) is 0 Å². The minimum absolute atomic E-state index is 0.101. The van der Waals surface area contributed by atoms with E-state index >= 15 is 0 Å². The highest BCUT2D eigenvalue weighted by molar-refractivity contribution is 6.06. The van der Waals surface area contributed by atoms with Gasteiger partial charge in [-0.1, -0.05) is 12.2 Å². The fourth-order valence-electron chi connectivity index (χ4n) is 4.91. The third kappa shape index (κ3) is 2.34. The monoisotopic (exact) mass is 331 g/mol. The topological polar surface area (TPSA) is 69.7 Å². The van der Waals surface area contributed by atoms with Gasteiger partial charge < -0.3 is 10.2 Å². The number of hydrogen-bond acceptors (Lipinski definition) is 3. The zero-order valence-corrected chi connectivity index (χ0v) is 14.1. The quantitative estimate of drug-likeness (QED) is 0.619. The van der Waals surface area contributed by atoms with Gasteiger partial charge in [-0.25, -0.2) is 4.79 Å². The van der Waals surface area contributed by atoms with Crippen molar-refractivity contribution in [1.29, 1.82) is 0 Å². The lowest BCUT2D eigenvalue weighted by atomic mass is 9.63. The van der Waals surface area contributed by atoms with E-state index in [0.717, 1.165) is 45.2 Å². The molecule has 24 heavy (non-hydrogen) atoms. The van der Waals surface area contributed by atoms with Crippen molar-refractivity contribution in [2.45, 2.75) is 45.2 Å². The number of amides is 4. The zero-order chi connectivity index (χ0) is 16.8. The molecule has 0 aromatic heterocycles. The van der Waals surface area contributed by atoms with Crippen LogP contribution >= 0.6 is 0 Å². The van der Waals surface area contributed by atoms with Crippen molar-refractivity contribution in [2.24, 2.45) is 23.7 Å². The van der Waals surface area contributed by atoms with Gasteiger partial charge in [0.25, 0.3) is 0 Å². The molecule has 1 saturated carbocycles. The lowest BCUT2D eigenvalue weighted by Crippen LogP contribution is -2.54. The highest BCUT2D eigenvalue weighted by Gasteiger charge is 2.57. The van der Waals surface area contributed by atoms with Crippen molar-refractivity contribution in [3.63, 3.8) is 0 Å². The van der Waals surface area contributed by atoms with E-state index in [9.17, 15) is 14.4 Å². The first-order valence-electron chi connectivity index (χ1n) is 9.18. The predicted molar refractivity (Wildman–Crippen MR) is 87.6 cm³/mol. The minimum Gasteiger partial charge on any atom is -0.325 e. The molecule has 0 aromatic rings. The maximum Gasteiger partial charge on any atom is 0.319 e. The molecular formula is C18H25N3O3. The van der Waals surface area contributed by atoms with E-state index in [4.69, 9.17) is 0 Å². The first kappa shape index (κ1) is 15.7. The van der Waals surface area contributed by atoms with Crippen LogP contribution in [0.1, 0.15) is 39.0 Å². The summed E-state index contributed by atoms with van der Waals surface area (Å²) in [4.78, 5) is 41.2. The van der Waals surface area contributed by atoms with Crippen molar-refractivity contribution >= 4 is 17.8 Å². The lowest BCUT2D eigenvalue weighted by Gasteiger charge is -2.38. The number of rotatable bonds is 2. The summed E-state index contributed by atoms with van der Waals surface area (Å²) >= 11 is 0. The Bertz CT molecular complexity index is 564. The van der Waals surface area contributed by atoms with Crippen LogP contribution in [0.2, 0.25) is 0 Å².